The molecule has 0 aromatic heterocycles. The van der Waals surface area contributed by atoms with Gasteiger partial charge in [-0.1, -0.05) is 0 Å². The summed E-state index contributed by atoms with van der Waals surface area (Å²) in [6.07, 6.45) is 0.327. The van der Waals surface area contributed by atoms with Gasteiger partial charge < -0.3 is 10.1 Å². The van der Waals surface area contributed by atoms with Gasteiger partial charge in [-0.05, 0) is 34.7 Å². The Balaban J connectivity index is 3.46. The molecule has 0 amide bonds. The monoisotopic (exact) mass is 145 g/mol. The normalized spacial score (nSPS) is 12.6. The maximum absolute atomic E-state index is 5.44. The molecular weight excluding hydrogens is 126 g/mol. The van der Waals surface area contributed by atoms with Crippen LogP contribution in [0.25, 0.3) is 0 Å². The second-order valence-electron chi connectivity index (χ2n) is 3.49. The van der Waals surface area contributed by atoms with Gasteiger partial charge in [-0.15, -0.1) is 0 Å². The standard InChI is InChI=1S/C8H19NO/c1-7(2)10-6-8(3,4)9-5/h7,9H,6H2,1-5H3. The molecule has 0 bridgehead atoms. The Morgan fingerprint density at radius 1 is 1.40 bits per heavy atom. The highest BCUT2D eigenvalue weighted by Crippen LogP contribution is 2.02. The van der Waals surface area contributed by atoms with E-state index < -0.39 is 0 Å². The maximum atomic E-state index is 5.44. The summed E-state index contributed by atoms with van der Waals surface area (Å²) >= 11 is 0. The topological polar surface area (TPSA) is 21.3 Å². The minimum Gasteiger partial charge on any atom is -0.377 e. The van der Waals surface area contributed by atoms with Crippen LogP contribution in [0.1, 0.15) is 27.7 Å². The molecule has 0 heterocycles. The minimum atomic E-state index is 0.101. The van der Waals surface area contributed by atoms with Crippen molar-refractivity contribution in [3.63, 3.8) is 0 Å². The Morgan fingerprint density at radius 3 is 2.20 bits per heavy atom. The summed E-state index contributed by atoms with van der Waals surface area (Å²) in [6, 6.07) is 0. The fourth-order valence-corrected chi connectivity index (χ4v) is 0.447. The average Bonchev–Trinajstić information content (AvgIpc) is 1.85. The third-order valence-electron chi connectivity index (χ3n) is 1.45. The van der Waals surface area contributed by atoms with Crippen LogP contribution < -0.4 is 5.32 Å². The number of hydrogen-bond donors (Lipinski definition) is 1. The van der Waals surface area contributed by atoms with E-state index in [4.69, 9.17) is 4.74 Å². The van der Waals surface area contributed by atoms with Crippen LogP contribution >= 0.6 is 0 Å². The summed E-state index contributed by atoms with van der Waals surface area (Å²) in [7, 11) is 1.95. The van der Waals surface area contributed by atoms with Crippen LogP contribution in [-0.4, -0.2) is 25.3 Å². The van der Waals surface area contributed by atoms with Gasteiger partial charge in [0.1, 0.15) is 0 Å². The van der Waals surface area contributed by atoms with Gasteiger partial charge in [0.25, 0.3) is 0 Å². The van der Waals surface area contributed by atoms with E-state index in [-0.39, 0.29) is 5.54 Å². The van der Waals surface area contributed by atoms with Gasteiger partial charge in [-0.2, -0.15) is 0 Å². The highest BCUT2D eigenvalue weighted by Gasteiger charge is 2.14. The largest absolute Gasteiger partial charge is 0.377 e. The second kappa shape index (κ2) is 3.94. The van der Waals surface area contributed by atoms with E-state index in [9.17, 15) is 0 Å². The van der Waals surface area contributed by atoms with Gasteiger partial charge >= 0.3 is 0 Å². The van der Waals surface area contributed by atoms with Crippen LogP contribution in [0.15, 0.2) is 0 Å². The predicted molar refractivity (Wildman–Crippen MR) is 44.2 cm³/mol. The lowest BCUT2D eigenvalue weighted by Gasteiger charge is -2.24. The highest BCUT2D eigenvalue weighted by atomic mass is 16.5. The van der Waals surface area contributed by atoms with Crippen molar-refractivity contribution in [1.82, 2.24) is 5.32 Å². The molecule has 0 unspecified atom stereocenters. The van der Waals surface area contributed by atoms with Crippen molar-refractivity contribution in [1.29, 1.82) is 0 Å². The first-order valence-corrected chi connectivity index (χ1v) is 3.78. The van der Waals surface area contributed by atoms with Crippen molar-refractivity contribution < 1.29 is 4.74 Å². The van der Waals surface area contributed by atoms with Crippen molar-refractivity contribution in [2.45, 2.75) is 39.3 Å². The van der Waals surface area contributed by atoms with Crippen molar-refractivity contribution in [3.8, 4) is 0 Å². The van der Waals surface area contributed by atoms with Crippen LogP contribution in [0.5, 0.6) is 0 Å². The van der Waals surface area contributed by atoms with Crippen LogP contribution in [0.4, 0.5) is 0 Å². The Morgan fingerprint density at radius 2 is 1.90 bits per heavy atom. The van der Waals surface area contributed by atoms with E-state index in [1.807, 2.05) is 20.9 Å². The van der Waals surface area contributed by atoms with Gasteiger partial charge in [0.2, 0.25) is 0 Å². The quantitative estimate of drug-likeness (QED) is 0.646. The molecule has 0 aromatic carbocycles. The first-order chi connectivity index (χ1) is 4.48. The molecule has 0 aromatic rings. The molecular formula is C8H19NO. The number of ether oxygens (including phenoxy) is 1. The van der Waals surface area contributed by atoms with Crippen molar-refractivity contribution in [3.05, 3.63) is 0 Å². The Hall–Kier alpha value is -0.0800. The number of nitrogens with one attached hydrogen (secondary N) is 1. The van der Waals surface area contributed by atoms with E-state index in [0.29, 0.717) is 6.10 Å². The molecule has 2 heteroatoms. The van der Waals surface area contributed by atoms with E-state index in [0.717, 1.165) is 6.61 Å². The average molecular weight is 145 g/mol. The fourth-order valence-electron chi connectivity index (χ4n) is 0.447. The number of rotatable bonds is 4. The third kappa shape index (κ3) is 4.77. The predicted octanol–water partition coefficient (Wildman–Crippen LogP) is 1.41. The van der Waals surface area contributed by atoms with Gasteiger partial charge in [0.05, 0.1) is 12.7 Å². The fraction of sp³-hybridized carbons (Fsp3) is 1.00. The molecule has 0 aliphatic carbocycles. The second-order valence-corrected chi connectivity index (χ2v) is 3.49. The molecule has 0 radical (unpaired) electrons. The molecule has 0 atom stereocenters. The lowest BCUT2D eigenvalue weighted by Crippen LogP contribution is -2.41. The Kier molecular flexibility index (Phi) is 3.91. The summed E-state index contributed by atoms with van der Waals surface area (Å²) in [5.41, 5.74) is 0.101. The van der Waals surface area contributed by atoms with Crippen LogP contribution in [0.3, 0.4) is 0 Å². The molecule has 10 heavy (non-hydrogen) atoms. The molecule has 1 N–H and O–H groups in total. The smallest absolute Gasteiger partial charge is 0.0646 e. The first kappa shape index (κ1) is 9.92. The summed E-state index contributed by atoms with van der Waals surface area (Å²) in [4.78, 5) is 0. The van der Waals surface area contributed by atoms with Gasteiger partial charge in [-0.25, -0.2) is 0 Å². The van der Waals surface area contributed by atoms with Crippen molar-refractivity contribution >= 4 is 0 Å². The molecule has 2 nitrogen and oxygen atoms in total. The van der Waals surface area contributed by atoms with E-state index in [1.54, 1.807) is 0 Å². The van der Waals surface area contributed by atoms with E-state index in [2.05, 4.69) is 19.2 Å². The zero-order chi connectivity index (χ0) is 8.20. The van der Waals surface area contributed by atoms with Crippen LogP contribution in [0.2, 0.25) is 0 Å². The highest BCUT2D eigenvalue weighted by molar-refractivity contribution is 4.74. The van der Waals surface area contributed by atoms with E-state index in [1.165, 1.54) is 0 Å². The van der Waals surface area contributed by atoms with Crippen molar-refractivity contribution in [2.75, 3.05) is 13.7 Å². The zero-order valence-electron chi connectivity index (χ0n) is 7.69. The molecule has 0 aliphatic heterocycles. The molecule has 62 valence electrons. The summed E-state index contributed by atoms with van der Waals surface area (Å²) in [5, 5.41) is 3.17. The Labute approximate surface area is 64.0 Å². The van der Waals surface area contributed by atoms with Gasteiger partial charge in [0, 0.05) is 5.54 Å². The van der Waals surface area contributed by atoms with Crippen LogP contribution in [0, 0.1) is 0 Å². The molecule has 0 rings (SSSR count). The van der Waals surface area contributed by atoms with Gasteiger partial charge in [-0.3, -0.25) is 0 Å². The SMILES string of the molecule is CNC(C)(C)COC(C)C. The molecule has 0 aliphatic rings. The van der Waals surface area contributed by atoms with Gasteiger partial charge in [0.15, 0.2) is 0 Å². The lowest BCUT2D eigenvalue weighted by atomic mass is 10.1. The first-order valence-electron chi connectivity index (χ1n) is 3.78. The molecule has 0 saturated heterocycles. The Bertz CT molecular complexity index is 89.3. The third-order valence-corrected chi connectivity index (χ3v) is 1.45. The van der Waals surface area contributed by atoms with Crippen LogP contribution in [-0.2, 0) is 4.74 Å². The summed E-state index contributed by atoms with van der Waals surface area (Å²) in [6.45, 7) is 9.10. The zero-order valence-corrected chi connectivity index (χ0v) is 7.69. The molecule has 0 saturated carbocycles. The maximum Gasteiger partial charge on any atom is 0.0646 e. The molecule has 0 fully saturated rings. The number of hydrogen-bond acceptors (Lipinski definition) is 2. The van der Waals surface area contributed by atoms with Crippen molar-refractivity contribution in [2.24, 2.45) is 0 Å². The lowest BCUT2D eigenvalue weighted by molar-refractivity contribution is 0.0410. The van der Waals surface area contributed by atoms with E-state index >= 15 is 0 Å². The summed E-state index contributed by atoms with van der Waals surface area (Å²) < 4.78 is 5.44. The minimum absolute atomic E-state index is 0.101. The molecule has 0 spiro atoms. The number of likely N-dealkylation sites (N-methyl/N-ethyl adjacent to an activating group) is 1. The summed E-state index contributed by atoms with van der Waals surface area (Å²) in [5.74, 6) is 0.